The van der Waals surface area contributed by atoms with Gasteiger partial charge < -0.3 is 10.7 Å². The highest BCUT2D eigenvalue weighted by Crippen LogP contribution is 2.24. The van der Waals surface area contributed by atoms with E-state index in [1.54, 1.807) is 18.2 Å². The zero-order valence-corrected chi connectivity index (χ0v) is 14.7. The summed E-state index contributed by atoms with van der Waals surface area (Å²) in [5.41, 5.74) is 8.20. The van der Waals surface area contributed by atoms with Crippen molar-refractivity contribution in [1.29, 1.82) is 0 Å². The molecule has 26 heavy (non-hydrogen) atoms. The lowest BCUT2D eigenvalue weighted by atomic mass is 9.93. The summed E-state index contributed by atoms with van der Waals surface area (Å²) < 4.78 is 0. The van der Waals surface area contributed by atoms with Crippen molar-refractivity contribution < 1.29 is 4.79 Å². The van der Waals surface area contributed by atoms with Crippen LogP contribution in [0.3, 0.4) is 0 Å². The number of aromatic nitrogens is 2. The predicted molar refractivity (Wildman–Crippen MR) is 99.7 cm³/mol. The molecule has 1 atom stereocenters. The molecule has 6 nitrogen and oxygen atoms in total. The van der Waals surface area contributed by atoms with Crippen LogP contribution in [-0.2, 0) is 24.3 Å². The molecular formula is C19H17ClN4O2. The lowest BCUT2D eigenvalue weighted by Crippen LogP contribution is -2.48. The Morgan fingerprint density at radius 1 is 1.27 bits per heavy atom. The topological polar surface area (TPSA) is 92.1 Å². The number of nitrogens with two attached hydrogens (primary N) is 1. The smallest absolute Gasteiger partial charge is 0.258 e. The number of H-pyrrole nitrogens is 1. The average molecular weight is 369 g/mol. The monoisotopic (exact) mass is 368 g/mol. The molecule has 1 unspecified atom stereocenters. The standard InChI is InChI=1S/C19H17ClN4O2/c20-13-5-6-14-15(8-13)22-17(23-19(14)26)10-24-9-12-4-2-1-3-11(12)7-16(24)18(21)25/h1-6,8,16H,7,9-10H2,(H2,21,25)(H,22,23,26). The number of amides is 1. The Labute approximate surface area is 154 Å². The van der Waals surface area contributed by atoms with Gasteiger partial charge >= 0.3 is 0 Å². The molecule has 0 fully saturated rings. The number of rotatable bonds is 3. The van der Waals surface area contributed by atoms with E-state index in [-0.39, 0.29) is 11.5 Å². The molecule has 1 amide bonds. The van der Waals surface area contributed by atoms with Gasteiger partial charge in [0.1, 0.15) is 5.82 Å². The maximum absolute atomic E-state index is 12.3. The van der Waals surface area contributed by atoms with Gasteiger partial charge in [-0.15, -0.1) is 0 Å². The van der Waals surface area contributed by atoms with Gasteiger partial charge in [0.15, 0.2) is 0 Å². The number of carbonyl (C=O) groups is 1. The first kappa shape index (κ1) is 16.8. The molecule has 0 spiro atoms. The maximum atomic E-state index is 12.3. The van der Waals surface area contributed by atoms with E-state index in [2.05, 4.69) is 9.97 Å². The molecule has 0 saturated carbocycles. The zero-order chi connectivity index (χ0) is 18.3. The highest BCUT2D eigenvalue weighted by Gasteiger charge is 2.30. The van der Waals surface area contributed by atoms with E-state index >= 15 is 0 Å². The fraction of sp³-hybridized carbons (Fsp3) is 0.211. The van der Waals surface area contributed by atoms with Gasteiger partial charge in [-0.1, -0.05) is 35.9 Å². The third-order valence-corrected chi connectivity index (χ3v) is 4.98. The Kier molecular flexibility index (Phi) is 4.22. The van der Waals surface area contributed by atoms with Crippen LogP contribution >= 0.6 is 11.6 Å². The molecule has 1 aliphatic heterocycles. The van der Waals surface area contributed by atoms with Crippen LogP contribution in [0.5, 0.6) is 0 Å². The van der Waals surface area contributed by atoms with Crippen LogP contribution in [0, 0.1) is 0 Å². The number of benzene rings is 2. The van der Waals surface area contributed by atoms with Gasteiger partial charge in [0.25, 0.3) is 5.56 Å². The molecule has 0 aliphatic carbocycles. The highest BCUT2D eigenvalue weighted by atomic mass is 35.5. The van der Waals surface area contributed by atoms with Crippen molar-refractivity contribution in [2.24, 2.45) is 5.73 Å². The van der Waals surface area contributed by atoms with Crippen molar-refractivity contribution in [2.45, 2.75) is 25.6 Å². The van der Waals surface area contributed by atoms with Crippen LogP contribution in [0.4, 0.5) is 0 Å². The Morgan fingerprint density at radius 2 is 2.04 bits per heavy atom. The predicted octanol–water partition coefficient (Wildman–Crippen LogP) is 1.99. The number of aromatic amines is 1. The van der Waals surface area contributed by atoms with Crippen molar-refractivity contribution >= 4 is 28.4 Å². The molecular weight excluding hydrogens is 352 g/mol. The summed E-state index contributed by atoms with van der Waals surface area (Å²) in [5, 5.41) is 0.997. The molecule has 3 N–H and O–H groups in total. The first-order valence-corrected chi connectivity index (χ1v) is 8.67. The molecule has 3 aromatic rings. The Morgan fingerprint density at radius 3 is 2.81 bits per heavy atom. The first-order chi connectivity index (χ1) is 12.5. The molecule has 7 heteroatoms. The average Bonchev–Trinajstić information content (AvgIpc) is 2.60. The number of hydrogen-bond acceptors (Lipinski definition) is 4. The van der Waals surface area contributed by atoms with Crippen molar-refractivity contribution in [3.05, 3.63) is 74.8 Å². The van der Waals surface area contributed by atoms with Crippen molar-refractivity contribution in [3.8, 4) is 0 Å². The number of nitrogens with one attached hydrogen (secondary N) is 1. The quantitative estimate of drug-likeness (QED) is 0.739. The SMILES string of the molecule is NC(=O)C1Cc2ccccc2CN1Cc1nc2cc(Cl)ccc2c(=O)[nH]1. The molecule has 1 aliphatic rings. The van der Waals surface area contributed by atoms with Gasteiger partial charge in [0, 0.05) is 11.6 Å². The van der Waals surface area contributed by atoms with E-state index in [1.807, 2.05) is 29.2 Å². The van der Waals surface area contributed by atoms with E-state index in [9.17, 15) is 9.59 Å². The first-order valence-electron chi connectivity index (χ1n) is 8.30. The van der Waals surface area contributed by atoms with Crippen LogP contribution in [0.2, 0.25) is 5.02 Å². The fourth-order valence-corrected chi connectivity index (χ4v) is 3.62. The normalized spacial score (nSPS) is 17.2. The largest absolute Gasteiger partial charge is 0.368 e. The molecule has 0 radical (unpaired) electrons. The Hall–Kier alpha value is -2.70. The minimum atomic E-state index is -0.440. The summed E-state index contributed by atoms with van der Waals surface area (Å²) in [5.74, 6) is 0.0982. The lowest BCUT2D eigenvalue weighted by Gasteiger charge is -2.34. The van der Waals surface area contributed by atoms with Crippen molar-refractivity contribution in [2.75, 3.05) is 0 Å². The number of primary amides is 1. The fourth-order valence-electron chi connectivity index (χ4n) is 3.45. The second-order valence-electron chi connectivity index (χ2n) is 6.47. The van der Waals surface area contributed by atoms with Crippen LogP contribution in [0.25, 0.3) is 10.9 Å². The number of halogens is 1. The second kappa shape index (κ2) is 6.55. The molecule has 1 aromatic heterocycles. The van der Waals surface area contributed by atoms with Crippen LogP contribution in [0.1, 0.15) is 17.0 Å². The third kappa shape index (κ3) is 3.09. The Bertz CT molecular complexity index is 1060. The summed E-state index contributed by atoms with van der Waals surface area (Å²) in [6.45, 7) is 0.890. The van der Waals surface area contributed by atoms with Gasteiger partial charge in [0.05, 0.1) is 23.5 Å². The molecule has 2 heterocycles. The van der Waals surface area contributed by atoms with E-state index in [1.165, 1.54) is 0 Å². The summed E-state index contributed by atoms with van der Waals surface area (Å²) in [4.78, 5) is 33.5. The van der Waals surface area contributed by atoms with Gasteiger partial charge in [0.2, 0.25) is 5.91 Å². The molecule has 132 valence electrons. The van der Waals surface area contributed by atoms with E-state index < -0.39 is 6.04 Å². The minimum absolute atomic E-state index is 0.227. The van der Waals surface area contributed by atoms with E-state index in [0.29, 0.717) is 41.3 Å². The van der Waals surface area contributed by atoms with Gasteiger partial charge in [-0.25, -0.2) is 4.98 Å². The summed E-state index contributed by atoms with van der Waals surface area (Å²) in [7, 11) is 0. The molecule has 0 bridgehead atoms. The number of nitrogens with zero attached hydrogens (tertiary/aromatic N) is 2. The Balaban J connectivity index is 1.70. The number of hydrogen-bond donors (Lipinski definition) is 2. The highest BCUT2D eigenvalue weighted by molar-refractivity contribution is 6.31. The second-order valence-corrected chi connectivity index (χ2v) is 6.91. The van der Waals surface area contributed by atoms with Gasteiger partial charge in [-0.2, -0.15) is 0 Å². The van der Waals surface area contributed by atoms with Gasteiger partial charge in [-0.05, 0) is 35.7 Å². The number of carbonyl (C=O) groups excluding carboxylic acids is 1. The molecule has 4 rings (SSSR count). The third-order valence-electron chi connectivity index (χ3n) is 4.74. The van der Waals surface area contributed by atoms with Crippen LogP contribution < -0.4 is 11.3 Å². The summed E-state index contributed by atoms with van der Waals surface area (Å²) >= 11 is 6.01. The minimum Gasteiger partial charge on any atom is -0.368 e. The molecule has 0 saturated heterocycles. The summed E-state index contributed by atoms with van der Waals surface area (Å²) in [6, 6.07) is 12.5. The van der Waals surface area contributed by atoms with Gasteiger partial charge in [-0.3, -0.25) is 14.5 Å². The summed E-state index contributed by atoms with van der Waals surface area (Å²) in [6.07, 6.45) is 0.551. The number of fused-ring (bicyclic) bond motifs is 2. The van der Waals surface area contributed by atoms with E-state index in [4.69, 9.17) is 17.3 Å². The maximum Gasteiger partial charge on any atom is 0.258 e. The van der Waals surface area contributed by atoms with E-state index in [0.717, 1.165) is 11.1 Å². The van der Waals surface area contributed by atoms with Crippen molar-refractivity contribution in [1.82, 2.24) is 14.9 Å². The molecule has 2 aromatic carbocycles. The zero-order valence-electron chi connectivity index (χ0n) is 13.9. The van der Waals surface area contributed by atoms with Crippen LogP contribution in [0.15, 0.2) is 47.3 Å². The lowest BCUT2D eigenvalue weighted by molar-refractivity contribution is -0.124. The van der Waals surface area contributed by atoms with Crippen LogP contribution in [-0.4, -0.2) is 26.8 Å². The van der Waals surface area contributed by atoms with Crippen molar-refractivity contribution in [3.63, 3.8) is 0 Å².